The molecule has 26 heavy (non-hydrogen) atoms. The zero-order valence-electron chi connectivity index (χ0n) is 15.3. The smallest absolute Gasteiger partial charge is 0.410 e. The molecule has 0 aliphatic carbocycles. The van der Waals surface area contributed by atoms with Crippen molar-refractivity contribution in [1.82, 2.24) is 9.88 Å². The molecule has 1 atom stereocenters. The number of ketones is 1. The van der Waals surface area contributed by atoms with Crippen molar-refractivity contribution in [2.45, 2.75) is 58.1 Å². The fourth-order valence-corrected chi connectivity index (χ4v) is 4.35. The van der Waals surface area contributed by atoms with Crippen LogP contribution in [0.4, 0.5) is 4.79 Å². The zero-order chi connectivity index (χ0) is 18.9. The van der Waals surface area contributed by atoms with Crippen LogP contribution in [0.1, 0.15) is 45.0 Å². The predicted molar refractivity (Wildman–Crippen MR) is 104 cm³/mol. The molecule has 0 N–H and O–H groups in total. The minimum absolute atomic E-state index is 0.0145. The van der Waals surface area contributed by atoms with E-state index in [-0.39, 0.29) is 12.2 Å². The second-order valence-electron chi connectivity index (χ2n) is 7.55. The number of aromatic nitrogens is 1. The third-order valence-corrected chi connectivity index (χ3v) is 5.48. The van der Waals surface area contributed by atoms with Gasteiger partial charge in [-0.25, -0.2) is 9.78 Å². The topological polar surface area (TPSA) is 59.5 Å². The molecular formula is C19H23ClN2O3S. The monoisotopic (exact) mass is 394 g/mol. The number of carbonyl (C=O) groups excluding carboxylic acids is 2. The van der Waals surface area contributed by atoms with E-state index in [1.807, 2.05) is 32.9 Å². The number of rotatable bonds is 3. The van der Waals surface area contributed by atoms with Gasteiger partial charge >= 0.3 is 6.09 Å². The minimum Gasteiger partial charge on any atom is -0.444 e. The Balaban J connectivity index is 1.74. The fraction of sp³-hybridized carbons (Fsp3) is 0.526. The van der Waals surface area contributed by atoms with Crippen molar-refractivity contribution < 1.29 is 14.3 Å². The second-order valence-corrected chi connectivity index (χ2v) is 9.10. The maximum absolute atomic E-state index is 12.9. The third-order valence-electron chi connectivity index (χ3n) is 4.22. The molecule has 1 saturated heterocycles. The van der Waals surface area contributed by atoms with E-state index < -0.39 is 17.7 Å². The Morgan fingerprint density at radius 2 is 2.12 bits per heavy atom. The van der Waals surface area contributed by atoms with Gasteiger partial charge in [0, 0.05) is 11.6 Å². The molecule has 5 nitrogen and oxygen atoms in total. The van der Waals surface area contributed by atoms with Gasteiger partial charge in [0.25, 0.3) is 0 Å². The van der Waals surface area contributed by atoms with Gasteiger partial charge in [0.15, 0.2) is 5.78 Å². The number of fused-ring (bicyclic) bond motifs is 1. The van der Waals surface area contributed by atoms with Crippen LogP contribution in [0.3, 0.4) is 0 Å². The number of ether oxygens (including phenoxy) is 1. The molecule has 3 rings (SSSR count). The van der Waals surface area contributed by atoms with Crippen molar-refractivity contribution in [3.8, 4) is 0 Å². The van der Waals surface area contributed by atoms with E-state index in [1.54, 1.807) is 11.0 Å². The number of carbonyl (C=O) groups is 2. The number of likely N-dealkylation sites (tertiary alicyclic amines) is 1. The molecule has 1 aromatic carbocycles. The Bertz CT molecular complexity index is 828. The number of hydrogen-bond donors (Lipinski definition) is 0. The molecule has 7 heteroatoms. The standard InChI is InChI=1S/C19H23ClN2O3S/c1-19(2,3)25-18(24)22-9-5-4-6-14(22)15(23)11-17-21-13-8-7-12(20)10-16(13)26-17/h7-8,10,14H,4-6,9,11H2,1-3H3/t14-/m0/s1. The van der Waals surface area contributed by atoms with E-state index in [1.165, 1.54) is 11.3 Å². The summed E-state index contributed by atoms with van der Waals surface area (Å²) in [5.74, 6) is 0.0145. The quantitative estimate of drug-likeness (QED) is 0.746. The average Bonchev–Trinajstić information content (AvgIpc) is 2.94. The molecule has 0 saturated carbocycles. The van der Waals surface area contributed by atoms with E-state index in [0.29, 0.717) is 18.0 Å². The number of thiazole rings is 1. The van der Waals surface area contributed by atoms with E-state index in [4.69, 9.17) is 16.3 Å². The minimum atomic E-state index is -0.575. The molecule has 1 aliphatic heterocycles. The molecule has 2 aromatic rings. The van der Waals surface area contributed by atoms with Gasteiger partial charge in [0.05, 0.1) is 22.7 Å². The summed E-state index contributed by atoms with van der Waals surface area (Å²) in [7, 11) is 0. The first-order valence-electron chi connectivity index (χ1n) is 8.80. The molecule has 1 amide bonds. The summed E-state index contributed by atoms with van der Waals surface area (Å²) in [5, 5.41) is 1.41. The van der Waals surface area contributed by atoms with Crippen LogP contribution < -0.4 is 0 Å². The normalized spacial score (nSPS) is 18.2. The van der Waals surface area contributed by atoms with Gasteiger partial charge in [-0.3, -0.25) is 9.69 Å². The Hall–Kier alpha value is -1.66. The second kappa shape index (κ2) is 7.53. The molecule has 2 heterocycles. The molecule has 1 aromatic heterocycles. The molecule has 0 unspecified atom stereocenters. The highest BCUT2D eigenvalue weighted by Gasteiger charge is 2.34. The highest BCUT2D eigenvalue weighted by molar-refractivity contribution is 7.18. The van der Waals surface area contributed by atoms with Crippen LogP contribution in [0.2, 0.25) is 5.02 Å². The zero-order valence-corrected chi connectivity index (χ0v) is 16.8. The van der Waals surface area contributed by atoms with Crippen molar-refractivity contribution >= 4 is 45.0 Å². The molecule has 0 spiro atoms. The van der Waals surface area contributed by atoms with Crippen molar-refractivity contribution in [3.63, 3.8) is 0 Å². The number of nitrogens with zero attached hydrogens (tertiary/aromatic N) is 2. The van der Waals surface area contributed by atoms with Crippen molar-refractivity contribution in [3.05, 3.63) is 28.2 Å². The SMILES string of the molecule is CC(C)(C)OC(=O)N1CCCC[C@H]1C(=O)Cc1nc2ccc(Cl)cc2s1. The van der Waals surface area contributed by atoms with Gasteiger partial charge in [-0.2, -0.15) is 0 Å². The molecule has 0 radical (unpaired) electrons. The highest BCUT2D eigenvalue weighted by Crippen LogP contribution is 2.27. The lowest BCUT2D eigenvalue weighted by atomic mass is 9.97. The first-order valence-corrected chi connectivity index (χ1v) is 10.00. The first-order chi connectivity index (χ1) is 12.2. The van der Waals surface area contributed by atoms with Gasteiger partial charge in [0.2, 0.25) is 0 Å². The molecule has 1 fully saturated rings. The summed E-state index contributed by atoms with van der Waals surface area (Å²) < 4.78 is 6.44. The van der Waals surface area contributed by atoms with Crippen LogP contribution in [0.5, 0.6) is 0 Å². The summed E-state index contributed by atoms with van der Waals surface area (Å²) in [4.78, 5) is 31.5. The first kappa shape index (κ1) is 19.1. The Morgan fingerprint density at radius 3 is 2.85 bits per heavy atom. The average molecular weight is 395 g/mol. The van der Waals surface area contributed by atoms with Crippen molar-refractivity contribution in [1.29, 1.82) is 0 Å². The maximum atomic E-state index is 12.9. The van der Waals surface area contributed by atoms with Gasteiger partial charge in [0.1, 0.15) is 10.6 Å². The molecule has 140 valence electrons. The number of Topliss-reactive ketones (excluding diaryl/α,β-unsaturated/α-hetero) is 1. The van der Waals surface area contributed by atoms with Gasteiger partial charge in [-0.05, 0) is 58.2 Å². The van der Waals surface area contributed by atoms with Crippen LogP contribution in [0, 0.1) is 0 Å². The maximum Gasteiger partial charge on any atom is 0.410 e. The van der Waals surface area contributed by atoms with E-state index >= 15 is 0 Å². The highest BCUT2D eigenvalue weighted by atomic mass is 35.5. The molecular weight excluding hydrogens is 372 g/mol. The van der Waals surface area contributed by atoms with Gasteiger partial charge in [-0.1, -0.05) is 11.6 Å². The van der Waals surface area contributed by atoms with Crippen LogP contribution in [0.15, 0.2) is 18.2 Å². The fourth-order valence-electron chi connectivity index (χ4n) is 3.09. The summed E-state index contributed by atoms with van der Waals surface area (Å²) in [6.07, 6.45) is 2.32. The summed E-state index contributed by atoms with van der Waals surface area (Å²) in [6, 6.07) is 5.07. The summed E-state index contributed by atoms with van der Waals surface area (Å²) >= 11 is 7.49. The summed E-state index contributed by atoms with van der Waals surface area (Å²) in [6.45, 7) is 6.05. The van der Waals surface area contributed by atoms with E-state index in [0.717, 1.165) is 28.1 Å². The Labute approximate surface area is 162 Å². The van der Waals surface area contributed by atoms with Gasteiger partial charge in [-0.15, -0.1) is 11.3 Å². The largest absolute Gasteiger partial charge is 0.444 e. The predicted octanol–water partition coefficient (Wildman–Crippen LogP) is 4.85. The number of benzene rings is 1. The number of amides is 1. The lowest BCUT2D eigenvalue weighted by Gasteiger charge is -2.35. The number of piperidine rings is 1. The van der Waals surface area contributed by atoms with E-state index in [2.05, 4.69) is 4.98 Å². The van der Waals surface area contributed by atoms with Gasteiger partial charge < -0.3 is 4.74 Å². The number of hydrogen-bond acceptors (Lipinski definition) is 5. The van der Waals surface area contributed by atoms with Crippen LogP contribution in [-0.2, 0) is 16.0 Å². The Morgan fingerprint density at radius 1 is 1.35 bits per heavy atom. The van der Waals surface area contributed by atoms with Crippen molar-refractivity contribution in [2.75, 3.05) is 6.54 Å². The lowest BCUT2D eigenvalue weighted by molar-refractivity contribution is -0.124. The van der Waals surface area contributed by atoms with E-state index in [9.17, 15) is 9.59 Å². The van der Waals surface area contributed by atoms with Crippen LogP contribution >= 0.6 is 22.9 Å². The molecule has 0 bridgehead atoms. The lowest BCUT2D eigenvalue weighted by Crippen LogP contribution is -2.50. The molecule has 1 aliphatic rings. The van der Waals surface area contributed by atoms with Crippen molar-refractivity contribution in [2.24, 2.45) is 0 Å². The third kappa shape index (κ3) is 4.54. The Kier molecular flexibility index (Phi) is 5.53. The van der Waals surface area contributed by atoms with Crippen LogP contribution in [-0.4, -0.2) is 39.9 Å². The number of halogens is 1. The van der Waals surface area contributed by atoms with Crippen LogP contribution in [0.25, 0.3) is 10.2 Å². The summed E-state index contributed by atoms with van der Waals surface area (Å²) in [5.41, 5.74) is 0.267.